The van der Waals surface area contributed by atoms with E-state index in [-0.39, 0.29) is 4.47 Å². The van der Waals surface area contributed by atoms with Gasteiger partial charge in [0.05, 0.1) is 10.5 Å². The van der Waals surface area contributed by atoms with Crippen LogP contribution in [-0.2, 0) is 6.18 Å². The molecule has 0 saturated heterocycles. The van der Waals surface area contributed by atoms with E-state index in [0.29, 0.717) is 12.1 Å². The second-order valence-corrected chi connectivity index (χ2v) is 4.08. The van der Waals surface area contributed by atoms with Crippen molar-refractivity contribution >= 4 is 38.5 Å². The molecule has 0 spiro atoms. The van der Waals surface area contributed by atoms with Crippen molar-refractivity contribution in [3.05, 3.63) is 37.8 Å². The van der Waals surface area contributed by atoms with E-state index in [2.05, 4.69) is 15.9 Å². The number of benzene rings is 1. The minimum Gasteiger partial charge on any atom is -0.276 e. The fraction of sp³-hybridized carbons (Fsp3) is 0.125. The number of carbonyl (C=O) groups is 1. The molecule has 1 aromatic carbocycles. The summed E-state index contributed by atoms with van der Waals surface area (Å²) >= 11 is 7.77. The third-order valence-corrected chi connectivity index (χ3v) is 2.66. The highest BCUT2D eigenvalue weighted by molar-refractivity contribution is 9.10. The van der Waals surface area contributed by atoms with Gasteiger partial charge in [-0.1, -0.05) is 0 Å². The van der Waals surface area contributed by atoms with Gasteiger partial charge in [-0.3, -0.25) is 14.9 Å². The number of hydrogen-bond acceptors (Lipinski definition) is 3. The van der Waals surface area contributed by atoms with Gasteiger partial charge in [0, 0.05) is 10.5 Å². The minimum atomic E-state index is -4.89. The lowest BCUT2D eigenvalue weighted by Gasteiger charge is -2.09. The highest BCUT2D eigenvalue weighted by Crippen LogP contribution is 2.39. The van der Waals surface area contributed by atoms with Gasteiger partial charge in [-0.05, 0) is 33.6 Å². The Balaban J connectivity index is 3.58. The van der Waals surface area contributed by atoms with Crippen LogP contribution in [0.3, 0.4) is 0 Å². The maximum Gasteiger partial charge on any atom is 0.423 e. The topological polar surface area (TPSA) is 60.2 Å². The van der Waals surface area contributed by atoms with Gasteiger partial charge >= 0.3 is 6.18 Å². The first kappa shape index (κ1) is 13.9. The van der Waals surface area contributed by atoms with Crippen molar-refractivity contribution in [2.24, 2.45) is 0 Å². The molecule has 0 aliphatic heterocycles. The first-order valence-electron chi connectivity index (χ1n) is 3.89. The molecule has 0 aliphatic rings. The van der Waals surface area contributed by atoms with Crippen LogP contribution in [0.15, 0.2) is 16.6 Å². The van der Waals surface area contributed by atoms with Gasteiger partial charge in [0.1, 0.15) is 5.56 Å². The van der Waals surface area contributed by atoms with Crippen LogP contribution in [0.5, 0.6) is 0 Å². The fourth-order valence-corrected chi connectivity index (χ4v) is 1.88. The van der Waals surface area contributed by atoms with Crippen LogP contribution in [0.25, 0.3) is 0 Å². The van der Waals surface area contributed by atoms with Gasteiger partial charge in [-0.15, -0.1) is 0 Å². The van der Waals surface area contributed by atoms with Crippen molar-refractivity contribution in [2.45, 2.75) is 6.18 Å². The summed E-state index contributed by atoms with van der Waals surface area (Å²) in [4.78, 5) is 20.1. The molecule has 0 heterocycles. The molecule has 0 amide bonds. The second-order valence-electron chi connectivity index (χ2n) is 2.88. The predicted molar refractivity (Wildman–Crippen MR) is 56.0 cm³/mol. The Morgan fingerprint density at radius 1 is 1.41 bits per heavy atom. The molecule has 0 aliphatic carbocycles. The molecule has 0 radical (unpaired) electrons. The zero-order valence-corrected chi connectivity index (χ0v) is 10.1. The lowest BCUT2D eigenvalue weighted by molar-refractivity contribution is -0.388. The Morgan fingerprint density at radius 2 is 1.94 bits per heavy atom. The summed E-state index contributed by atoms with van der Waals surface area (Å²) in [6.07, 6.45) is -4.89. The Kier molecular flexibility index (Phi) is 3.78. The molecule has 0 unspecified atom stereocenters. The number of nitro groups is 1. The predicted octanol–water partition coefficient (Wildman–Crippen LogP) is 3.76. The normalized spacial score (nSPS) is 11.4. The van der Waals surface area contributed by atoms with Gasteiger partial charge in [-0.25, -0.2) is 0 Å². The van der Waals surface area contributed by atoms with Crippen molar-refractivity contribution in [2.75, 3.05) is 0 Å². The second kappa shape index (κ2) is 4.61. The zero-order valence-electron chi connectivity index (χ0n) is 7.72. The van der Waals surface area contributed by atoms with Crippen molar-refractivity contribution in [1.29, 1.82) is 0 Å². The van der Waals surface area contributed by atoms with Gasteiger partial charge in [0.15, 0.2) is 0 Å². The molecule has 0 saturated carbocycles. The molecule has 17 heavy (non-hydrogen) atoms. The van der Waals surface area contributed by atoms with Crippen LogP contribution >= 0.6 is 27.5 Å². The van der Waals surface area contributed by atoms with Crippen LogP contribution in [0, 0.1) is 10.1 Å². The molecular weight excluding hydrogens is 330 g/mol. The molecule has 9 heteroatoms. The number of hydrogen-bond donors (Lipinski definition) is 0. The molecular formula is C8H2BrClF3NO3. The third-order valence-electron chi connectivity index (χ3n) is 1.80. The number of rotatable bonds is 2. The van der Waals surface area contributed by atoms with Crippen molar-refractivity contribution < 1.29 is 22.9 Å². The van der Waals surface area contributed by atoms with E-state index in [0.717, 1.165) is 0 Å². The SMILES string of the molecule is O=C(Cl)c1cc([N+](=O)[O-])c(C(F)(F)F)cc1Br. The summed E-state index contributed by atoms with van der Waals surface area (Å²) in [5.74, 6) is 0. The van der Waals surface area contributed by atoms with E-state index in [1.54, 1.807) is 0 Å². The van der Waals surface area contributed by atoms with Gasteiger partial charge in [-0.2, -0.15) is 13.2 Å². The Labute approximate surface area is 106 Å². The van der Waals surface area contributed by atoms with E-state index in [1.807, 2.05) is 0 Å². The van der Waals surface area contributed by atoms with Gasteiger partial charge < -0.3 is 0 Å². The third kappa shape index (κ3) is 2.95. The lowest BCUT2D eigenvalue weighted by atomic mass is 10.1. The van der Waals surface area contributed by atoms with Crippen LogP contribution in [0.1, 0.15) is 15.9 Å². The molecule has 0 aromatic heterocycles. The fourth-order valence-electron chi connectivity index (χ4n) is 1.09. The quantitative estimate of drug-likeness (QED) is 0.471. The highest BCUT2D eigenvalue weighted by atomic mass is 79.9. The standard InChI is InChI=1S/C8H2BrClF3NO3/c9-5-2-4(8(11,12)13)6(14(16)17)1-3(5)7(10)15/h1-2H. The molecule has 92 valence electrons. The van der Waals surface area contributed by atoms with Crippen LogP contribution < -0.4 is 0 Å². The monoisotopic (exact) mass is 331 g/mol. The first-order chi connectivity index (χ1) is 7.64. The van der Waals surface area contributed by atoms with Gasteiger partial charge in [0.25, 0.3) is 10.9 Å². The highest BCUT2D eigenvalue weighted by Gasteiger charge is 2.39. The maximum absolute atomic E-state index is 12.5. The number of nitro benzene ring substituents is 1. The first-order valence-corrected chi connectivity index (χ1v) is 5.06. The van der Waals surface area contributed by atoms with Gasteiger partial charge in [0.2, 0.25) is 0 Å². The van der Waals surface area contributed by atoms with E-state index >= 15 is 0 Å². The number of halogens is 5. The van der Waals surface area contributed by atoms with E-state index in [9.17, 15) is 28.1 Å². The van der Waals surface area contributed by atoms with Crippen LogP contribution in [0.4, 0.5) is 18.9 Å². The summed E-state index contributed by atoms with van der Waals surface area (Å²) in [5.41, 5.74) is -3.06. The minimum absolute atomic E-state index is 0.254. The summed E-state index contributed by atoms with van der Waals surface area (Å²) < 4.78 is 37.2. The molecule has 1 aromatic rings. The molecule has 4 nitrogen and oxygen atoms in total. The Bertz CT molecular complexity index is 504. The van der Waals surface area contributed by atoms with E-state index < -0.39 is 33.2 Å². The molecule has 0 fully saturated rings. The van der Waals surface area contributed by atoms with Crippen LogP contribution in [-0.4, -0.2) is 10.2 Å². The number of nitrogens with zero attached hydrogens (tertiary/aromatic N) is 1. The van der Waals surface area contributed by atoms with Crippen LogP contribution in [0.2, 0.25) is 0 Å². The van der Waals surface area contributed by atoms with Crippen molar-refractivity contribution in [3.8, 4) is 0 Å². The molecule has 1 rings (SSSR count). The Hall–Kier alpha value is -1.15. The molecule has 0 atom stereocenters. The average molecular weight is 332 g/mol. The summed E-state index contributed by atoms with van der Waals surface area (Å²) in [5, 5.41) is 9.40. The maximum atomic E-state index is 12.5. The number of carbonyl (C=O) groups excluding carboxylic acids is 1. The largest absolute Gasteiger partial charge is 0.423 e. The molecule has 0 bridgehead atoms. The lowest BCUT2D eigenvalue weighted by Crippen LogP contribution is -2.10. The Morgan fingerprint density at radius 3 is 2.29 bits per heavy atom. The summed E-state index contributed by atoms with van der Waals surface area (Å²) in [7, 11) is 0. The summed E-state index contributed by atoms with van der Waals surface area (Å²) in [6.45, 7) is 0. The smallest absolute Gasteiger partial charge is 0.276 e. The zero-order chi connectivity index (χ0) is 13.4. The summed E-state index contributed by atoms with van der Waals surface area (Å²) in [6, 6.07) is 0.940. The number of alkyl halides is 3. The van der Waals surface area contributed by atoms with Crippen molar-refractivity contribution in [1.82, 2.24) is 0 Å². The van der Waals surface area contributed by atoms with E-state index in [1.165, 1.54) is 0 Å². The van der Waals surface area contributed by atoms with Crippen molar-refractivity contribution in [3.63, 3.8) is 0 Å². The van der Waals surface area contributed by atoms with E-state index in [4.69, 9.17) is 11.6 Å². The average Bonchev–Trinajstić information content (AvgIpc) is 2.14. The molecule has 0 N–H and O–H groups in total.